The van der Waals surface area contributed by atoms with Gasteiger partial charge in [-0.1, -0.05) is 48.0 Å². The maximum absolute atomic E-state index is 12.9. The average Bonchev–Trinajstić information content (AvgIpc) is 2.73. The molecule has 4 aromatic rings. The van der Waals surface area contributed by atoms with Crippen molar-refractivity contribution >= 4 is 28.4 Å². The summed E-state index contributed by atoms with van der Waals surface area (Å²) in [6, 6.07) is 20.7. The number of amides is 1. The first-order chi connectivity index (χ1) is 13.2. The fourth-order valence-electron chi connectivity index (χ4n) is 2.95. The molecule has 0 fully saturated rings. The van der Waals surface area contributed by atoms with Crippen molar-refractivity contribution < 1.29 is 4.79 Å². The third-order valence-corrected chi connectivity index (χ3v) is 4.70. The number of hydrogen-bond acceptors (Lipinski definition) is 3. The molecule has 0 aliphatic heterocycles. The first-order valence-corrected chi connectivity index (χ1v) is 8.92. The number of para-hydroxylation sites is 1. The van der Waals surface area contributed by atoms with Crippen LogP contribution in [0, 0.1) is 0 Å². The van der Waals surface area contributed by atoms with Crippen LogP contribution >= 0.6 is 11.6 Å². The quantitative estimate of drug-likeness (QED) is 0.554. The molecule has 0 atom stereocenters. The van der Waals surface area contributed by atoms with Crippen molar-refractivity contribution in [3.05, 3.63) is 95.3 Å². The molecule has 0 unspecified atom stereocenters. The first kappa shape index (κ1) is 17.2. The summed E-state index contributed by atoms with van der Waals surface area (Å²) >= 11 is 6.19. The number of carbonyl (C=O) groups is 1. The minimum atomic E-state index is -0.163. The number of halogens is 1. The molecule has 2 aromatic carbocycles. The van der Waals surface area contributed by atoms with E-state index in [9.17, 15) is 4.79 Å². The summed E-state index contributed by atoms with van der Waals surface area (Å²) < 4.78 is 0. The molecular formula is C22H16ClN3O. The van der Waals surface area contributed by atoms with Gasteiger partial charge < -0.3 is 5.32 Å². The van der Waals surface area contributed by atoms with Gasteiger partial charge in [0.15, 0.2) is 0 Å². The number of fused-ring (bicyclic) bond motifs is 1. The van der Waals surface area contributed by atoms with Gasteiger partial charge in [0.05, 0.1) is 16.8 Å². The summed E-state index contributed by atoms with van der Waals surface area (Å²) in [6.07, 6.45) is 3.42. The van der Waals surface area contributed by atoms with Crippen LogP contribution in [0.3, 0.4) is 0 Å². The monoisotopic (exact) mass is 373 g/mol. The van der Waals surface area contributed by atoms with Gasteiger partial charge in [0, 0.05) is 34.9 Å². The Morgan fingerprint density at radius 2 is 1.70 bits per heavy atom. The van der Waals surface area contributed by atoms with Crippen molar-refractivity contribution in [2.75, 3.05) is 0 Å². The van der Waals surface area contributed by atoms with Gasteiger partial charge in [-0.3, -0.25) is 9.78 Å². The van der Waals surface area contributed by atoms with Gasteiger partial charge in [-0.15, -0.1) is 0 Å². The van der Waals surface area contributed by atoms with E-state index in [1.807, 2.05) is 66.7 Å². The fraction of sp³-hybridized carbons (Fsp3) is 0.0455. The van der Waals surface area contributed by atoms with Gasteiger partial charge in [0.1, 0.15) is 0 Å². The molecule has 4 nitrogen and oxygen atoms in total. The molecule has 5 heteroatoms. The van der Waals surface area contributed by atoms with Crippen molar-refractivity contribution in [2.24, 2.45) is 0 Å². The van der Waals surface area contributed by atoms with E-state index in [0.717, 1.165) is 27.7 Å². The molecule has 0 saturated carbocycles. The normalized spacial score (nSPS) is 10.7. The number of hydrogen-bond donors (Lipinski definition) is 1. The predicted molar refractivity (Wildman–Crippen MR) is 108 cm³/mol. The number of aromatic nitrogens is 2. The lowest BCUT2D eigenvalue weighted by atomic mass is 10.0. The summed E-state index contributed by atoms with van der Waals surface area (Å²) in [5.41, 5.74) is 3.88. The Balaban J connectivity index is 1.71. The summed E-state index contributed by atoms with van der Waals surface area (Å²) in [7, 11) is 0. The van der Waals surface area contributed by atoms with Crippen LogP contribution in [0.2, 0.25) is 5.02 Å². The zero-order valence-electron chi connectivity index (χ0n) is 14.4. The van der Waals surface area contributed by atoms with E-state index >= 15 is 0 Å². The van der Waals surface area contributed by atoms with E-state index < -0.39 is 0 Å². The second-order valence-corrected chi connectivity index (χ2v) is 6.49. The molecule has 4 rings (SSSR count). The molecule has 0 spiro atoms. The van der Waals surface area contributed by atoms with Gasteiger partial charge in [-0.05, 0) is 35.9 Å². The van der Waals surface area contributed by atoms with Crippen LogP contribution in [-0.2, 0) is 6.54 Å². The lowest BCUT2D eigenvalue weighted by Gasteiger charge is -2.11. The standard InChI is InChI=1S/C22H16ClN3O/c23-19-7-3-1-5-16(19)14-25-22(27)18-13-21(15-9-11-24-12-10-15)26-20-8-4-2-6-17(18)20/h1-13H,14H2,(H,25,27). The molecular weight excluding hydrogens is 358 g/mol. The van der Waals surface area contributed by atoms with Crippen LogP contribution in [0.15, 0.2) is 79.1 Å². The molecule has 0 aliphatic rings. The van der Waals surface area contributed by atoms with Crippen molar-refractivity contribution in [3.8, 4) is 11.3 Å². The second kappa shape index (κ2) is 7.56. The van der Waals surface area contributed by atoms with Crippen LogP contribution in [0.1, 0.15) is 15.9 Å². The Morgan fingerprint density at radius 3 is 2.52 bits per heavy atom. The van der Waals surface area contributed by atoms with E-state index in [1.54, 1.807) is 12.4 Å². The highest BCUT2D eigenvalue weighted by atomic mass is 35.5. The number of benzene rings is 2. The Kier molecular flexibility index (Phi) is 4.81. The van der Waals surface area contributed by atoms with Crippen molar-refractivity contribution in [2.45, 2.75) is 6.54 Å². The summed E-state index contributed by atoms with van der Waals surface area (Å²) in [6.45, 7) is 0.361. The number of nitrogens with one attached hydrogen (secondary N) is 1. The zero-order chi connectivity index (χ0) is 18.6. The maximum atomic E-state index is 12.9. The number of rotatable bonds is 4. The van der Waals surface area contributed by atoms with Crippen molar-refractivity contribution in [1.29, 1.82) is 0 Å². The number of pyridine rings is 2. The Labute approximate surface area is 161 Å². The summed E-state index contributed by atoms with van der Waals surface area (Å²) in [5.74, 6) is -0.163. The zero-order valence-corrected chi connectivity index (χ0v) is 15.1. The van der Waals surface area contributed by atoms with E-state index in [4.69, 9.17) is 16.6 Å². The molecule has 2 aromatic heterocycles. The first-order valence-electron chi connectivity index (χ1n) is 8.54. The van der Waals surface area contributed by atoms with Gasteiger partial charge in [-0.25, -0.2) is 4.98 Å². The highest BCUT2D eigenvalue weighted by Gasteiger charge is 2.14. The van der Waals surface area contributed by atoms with Crippen molar-refractivity contribution in [1.82, 2.24) is 15.3 Å². The number of carbonyl (C=O) groups excluding carboxylic acids is 1. The molecule has 1 amide bonds. The highest BCUT2D eigenvalue weighted by molar-refractivity contribution is 6.31. The van der Waals surface area contributed by atoms with Crippen LogP contribution in [-0.4, -0.2) is 15.9 Å². The Morgan fingerprint density at radius 1 is 0.963 bits per heavy atom. The van der Waals surface area contributed by atoms with Crippen LogP contribution in [0.5, 0.6) is 0 Å². The maximum Gasteiger partial charge on any atom is 0.252 e. The van der Waals surface area contributed by atoms with Gasteiger partial charge in [0.25, 0.3) is 5.91 Å². The van der Waals surface area contributed by atoms with Gasteiger partial charge in [0.2, 0.25) is 0 Å². The summed E-state index contributed by atoms with van der Waals surface area (Å²) in [4.78, 5) is 21.7. The lowest BCUT2D eigenvalue weighted by Crippen LogP contribution is -2.23. The molecule has 0 radical (unpaired) electrons. The van der Waals surface area contributed by atoms with Gasteiger partial charge >= 0.3 is 0 Å². The molecule has 0 bridgehead atoms. The molecule has 2 heterocycles. The van der Waals surface area contributed by atoms with E-state index in [-0.39, 0.29) is 5.91 Å². The van der Waals surface area contributed by atoms with Crippen LogP contribution < -0.4 is 5.32 Å². The van der Waals surface area contributed by atoms with Crippen LogP contribution in [0.4, 0.5) is 0 Å². The summed E-state index contributed by atoms with van der Waals surface area (Å²) in [5, 5.41) is 4.41. The Bertz CT molecular complexity index is 1110. The topological polar surface area (TPSA) is 54.9 Å². The van der Waals surface area contributed by atoms with Crippen molar-refractivity contribution in [3.63, 3.8) is 0 Å². The molecule has 1 N–H and O–H groups in total. The fourth-order valence-corrected chi connectivity index (χ4v) is 3.15. The third kappa shape index (κ3) is 3.66. The average molecular weight is 374 g/mol. The van der Waals surface area contributed by atoms with Crippen LogP contribution in [0.25, 0.3) is 22.2 Å². The van der Waals surface area contributed by atoms with E-state index in [0.29, 0.717) is 17.1 Å². The lowest BCUT2D eigenvalue weighted by molar-refractivity contribution is 0.0952. The smallest absolute Gasteiger partial charge is 0.252 e. The minimum absolute atomic E-state index is 0.163. The van der Waals surface area contributed by atoms with Gasteiger partial charge in [-0.2, -0.15) is 0 Å². The van der Waals surface area contributed by atoms with E-state index in [1.165, 1.54) is 0 Å². The molecule has 27 heavy (non-hydrogen) atoms. The number of nitrogens with zero attached hydrogens (tertiary/aromatic N) is 2. The molecule has 0 aliphatic carbocycles. The Hall–Kier alpha value is -3.24. The molecule has 132 valence electrons. The largest absolute Gasteiger partial charge is 0.348 e. The SMILES string of the molecule is O=C(NCc1ccccc1Cl)c1cc(-c2ccncc2)nc2ccccc12. The minimum Gasteiger partial charge on any atom is -0.348 e. The highest BCUT2D eigenvalue weighted by Crippen LogP contribution is 2.24. The molecule has 0 saturated heterocycles. The van der Waals surface area contributed by atoms with E-state index in [2.05, 4.69) is 10.3 Å². The third-order valence-electron chi connectivity index (χ3n) is 4.33. The predicted octanol–water partition coefficient (Wildman–Crippen LogP) is 4.88. The second-order valence-electron chi connectivity index (χ2n) is 6.08.